The number of nitrogens with one attached hydrogen (secondary N) is 2. The van der Waals surface area contributed by atoms with Crippen molar-refractivity contribution in [3.63, 3.8) is 0 Å². The third-order valence-corrected chi connectivity index (χ3v) is 4.04. The lowest BCUT2D eigenvalue weighted by Crippen LogP contribution is -2.10. The van der Waals surface area contributed by atoms with E-state index in [1.54, 1.807) is 5.57 Å². The third-order valence-electron chi connectivity index (χ3n) is 4.04. The summed E-state index contributed by atoms with van der Waals surface area (Å²) in [5.41, 5.74) is 9.23. The van der Waals surface area contributed by atoms with E-state index < -0.39 is 0 Å². The number of nitrogen functional groups attached to an aromatic ring is 1. The number of hydrogen-bond donors (Lipinski definition) is 3. The lowest BCUT2D eigenvalue weighted by atomic mass is 9.97. The monoisotopic (exact) mass is 309 g/mol. The van der Waals surface area contributed by atoms with E-state index in [0.29, 0.717) is 17.3 Å². The molecule has 5 heteroatoms. The molecule has 0 saturated heterocycles. The van der Waals surface area contributed by atoms with Gasteiger partial charge in [-0.3, -0.25) is 0 Å². The van der Waals surface area contributed by atoms with Crippen molar-refractivity contribution in [2.75, 3.05) is 22.9 Å². The van der Waals surface area contributed by atoms with Crippen LogP contribution in [0.15, 0.2) is 48.3 Å². The first-order valence-corrected chi connectivity index (χ1v) is 8.17. The average Bonchev–Trinajstić information content (AvgIpc) is 2.60. The number of rotatable bonds is 6. The molecule has 0 saturated carbocycles. The lowest BCUT2D eigenvalue weighted by Gasteiger charge is -2.15. The minimum Gasteiger partial charge on any atom is -0.393 e. The summed E-state index contributed by atoms with van der Waals surface area (Å²) in [5.74, 6) is 1.32. The van der Waals surface area contributed by atoms with Gasteiger partial charge in [0, 0.05) is 12.2 Å². The Balaban J connectivity index is 1.61. The Morgan fingerprint density at radius 2 is 1.87 bits per heavy atom. The topological polar surface area (TPSA) is 75.9 Å². The molecule has 1 aromatic carbocycles. The molecule has 0 fully saturated rings. The Morgan fingerprint density at radius 3 is 2.65 bits per heavy atom. The molecule has 23 heavy (non-hydrogen) atoms. The minimum absolute atomic E-state index is 0.550. The molecule has 1 aliphatic carbocycles. The van der Waals surface area contributed by atoms with Crippen LogP contribution >= 0.6 is 0 Å². The normalized spacial score (nSPS) is 14.2. The van der Waals surface area contributed by atoms with Gasteiger partial charge in [-0.1, -0.05) is 29.8 Å². The van der Waals surface area contributed by atoms with E-state index in [-0.39, 0.29) is 0 Å². The fourth-order valence-corrected chi connectivity index (χ4v) is 2.77. The molecule has 1 aromatic heterocycles. The number of aromatic nitrogens is 2. The molecule has 0 atom stereocenters. The molecule has 2 aromatic rings. The number of allylic oxidation sites excluding steroid dienone is 1. The molecule has 120 valence electrons. The highest BCUT2D eigenvalue weighted by molar-refractivity contribution is 5.77. The first-order valence-electron chi connectivity index (χ1n) is 8.17. The summed E-state index contributed by atoms with van der Waals surface area (Å²) in [4.78, 5) is 8.49. The number of benzene rings is 1. The van der Waals surface area contributed by atoms with Crippen LogP contribution in [-0.4, -0.2) is 16.5 Å². The Labute approximate surface area is 137 Å². The van der Waals surface area contributed by atoms with Gasteiger partial charge in [-0.25, -0.2) is 9.97 Å². The van der Waals surface area contributed by atoms with Crippen molar-refractivity contribution in [1.29, 1.82) is 0 Å². The van der Waals surface area contributed by atoms with Gasteiger partial charge in [0.25, 0.3) is 0 Å². The highest BCUT2D eigenvalue weighted by Crippen LogP contribution is 2.26. The van der Waals surface area contributed by atoms with Crippen molar-refractivity contribution in [2.24, 2.45) is 0 Å². The first-order chi connectivity index (χ1) is 11.3. The van der Waals surface area contributed by atoms with Crippen LogP contribution in [0.2, 0.25) is 0 Å². The maximum Gasteiger partial charge on any atom is 0.159 e. The van der Waals surface area contributed by atoms with Crippen molar-refractivity contribution >= 4 is 23.0 Å². The van der Waals surface area contributed by atoms with Crippen LogP contribution in [0.25, 0.3) is 0 Å². The second-order valence-corrected chi connectivity index (χ2v) is 5.76. The lowest BCUT2D eigenvalue weighted by molar-refractivity contribution is 0.679. The van der Waals surface area contributed by atoms with E-state index in [0.717, 1.165) is 18.7 Å². The number of nitrogens with zero attached hydrogens (tertiary/aromatic N) is 2. The number of hydrogen-bond acceptors (Lipinski definition) is 5. The molecule has 1 heterocycles. The zero-order chi connectivity index (χ0) is 15.9. The zero-order valence-electron chi connectivity index (χ0n) is 13.3. The van der Waals surface area contributed by atoms with Crippen LogP contribution in [0, 0.1) is 0 Å². The molecular formula is C18H23N5. The smallest absolute Gasteiger partial charge is 0.159 e. The van der Waals surface area contributed by atoms with Crippen LogP contribution < -0.4 is 16.4 Å². The molecule has 5 nitrogen and oxygen atoms in total. The molecule has 3 rings (SSSR count). The summed E-state index contributed by atoms with van der Waals surface area (Å²) >= 11 is 0. The van der Waals surface area contributed by atoms with Crippen LogP contribution in [0.3, 0.4) is 0 Å². The van der Waals surface area contributed by atoms with Crippen molar-refractivity contribution in [3.8, 4) is 0 Å². The van der Waals surface area contributed by atoms with Gasteiger partial charge < -0.3 is 16.4 Å². The molecule has 1 aliphatic rings. The van der Waals surface area contributed by atoms with Gasteiger partial charge in [0.05, 0.1) is 0 Å². The van der Waals surface area contributed by atoms with Gasteiger partial charge in [-0.2, -0.15) is 0 Å². The van der Waals surface area contributed by atoms with Gasteiger partial charge in [-0.15, -0.1) is 0 Å². The van der Waals surface area contributed by atoms with E-state index in [4.69, 9.17) is 5.73 Å². The largest absolute Gasteiger partial charge is 0.393 e. The van der Waals surface area contributed by atoms with E-state index in [1.807, 2.05) is 30.3 Å². The Morgan fingerprint density at radius 1 is 1.04 bits per heavy atom. The van der Waals surface area contributed by atoms with Gasteiger partial charge in [0.2, 0.25) is 0 Å². The molecule has 0 aliphatic heterocycles. The Kier molecular flexibility index (Phi) is 5.09. The molecule has 0 spiro atoms. The average molecular weight is 309 g/mol. The highest BCUT2D eigenvalue weighted by Gasteiger charge is 2.09. The summed E-state index contributed by atoms with van der Waals surface area (Å²) in [5, 5.41) is 6.55. The third kappa shape index (κ3) is 4.22. The van der Waals surface area contributed by atoms with Crippen molar-refractivity contribution in [3.05, 3.63) is 48.3 Å². The second-order valence-electron chi connectivity index (χ2n) is 5.76. The summed E-state index contributed by atoms with van der Waals surface area (Å²) < 4.78 is 0. The van der Waals surface area contributed by atoms with Gasteiger partial charge in [0.1, 0.15) is 12.0 Å². The summed E-state index contributed by atoms with van der Waals surface area (Å²) in [6.07, 6.45) is 10.0. The Hall–Kier alpha value is -2.56. The van der Waals surface area contributed by atoms with Crippen LogP contribution in [-0.2, 0) is 0 Å². The Bertz CT molecular complexity index is 666. The van der Waals surface area contributed by atoms with Crippen LogP contribution in [0.5, 0.6) is 0 Å². The molecule has 0 bridgehead atoms. The highest BCUT2D eigenvalue weighted by atomic mass is 15.1. The predicted molar refractivity (Wildman–Crippen MR) is 95.8 cm³/mol. The van der Waals surface area contributed by atoms with E-state index in [2.05, 4.69) is 26.7 Å². The summed E-state index contributed by atoms with van der Waals surface area (Å²) in [7, 11) is 0. The summed E-state index contributed by atoms with van der Waals surface area (Å²) in [6.45, 7) is 0.845. The second kappa shape index (κ2) is 7.63. The molecular weight excluding hydrogens is 286 g/mol. The fourth-order valence-electron chi connectivity index (χ4n) is 2.77. The van der Waals surface area contributed by atoms with E-state index >= 15 is 0 Å². The van der Waals surface area contributed by atoms with E-state index in [9.17, 15) is 0 Å². The number of para-hydroxylation sites is 1. The van der Waals surface area contributed by atoms with Crippen LogP contribution in [0.4, 0.5) is 23.0 Å². The first kappa shape index (κ1) is 15.3. The maximum atomic E-state index is 6.19. The van der Waals surface area contributed by atoms with Crippen LogP contribution in [0.1, 0.15) is 32.1 Å². The molecule has 0 unspecified atom stereocenters. The van der Waals surface area contributed by atoms with Gasteiger partial charge in [0.15, 0.2) is 11.6 Å². The number of anilines is 4. The van der Waals surface area contributed by atoms with E-state index in [1.165, 1.54) is 32.0 Å². The predicted octanol–water partition coefficient (Wildman–Crippen LogP) is 4.10. The van der Waals surface area contributed by atoms with Crippen molar-refractivity contribution in [2.45, 2.75) is 32.1 Å². The minimum atomic E-state index is 0.550. The zero-order valence-corrected chi connectivity index (χ0v) is 13.3. The van der Waals surface area contributed by atoms with Crippen molar-refractivity contribution in [1.82, 2.24) is 9.97 Å². The van der Waals surface area contributed by atoms with Gasteiger partial charge >= 0.3 is 0 Å². The maximum absolute atomic E-state index is 6.19. The quantitative estimate of drug-likeness (QED) is 0.700. The number of nitrogens with two attached hydrogens (primary N) is 1. The van der Waals surface area contributed by atoms with Gasteiger partial charge in [-0.05, 0) is 44.2 Å². The molecule has 4 N–H and O–H groups in total. The molecule has 0 radical (unpaired) electrons. The fraction of sp³-hybridized carbons (Fsp3) is 0.333. The standard InChI is InChI=1S/C18H23N5/c19-16-17(20-12-11-14-7-3-1-4-8-14)21-13-22-18(16)23-15-9-5-2-6-10-15/h2,5-7,9-10,13H,1,3-4,8,11-12,19H2,(H2,20,21,22,23). The summed E-state index contributed by atoms with van der Waals surface area (Å²) in [6, 6.07) is 9.86. The SMILES string of the molecule is Nc1c(NCCC2=CCCCC2)ncnc1Nc1ccccc1. The molecule has 0 amide bonds. The van der Waals surface area contributed by atoms with Crippen molar-refractivity contribution < 1.29 is 0 Å².